The second kappa shape index (κ2) is 26.5. The third kappa shape index (κ3) is 18.9. The molecule has 6 amide bonds. The molecule has 0 aliphatic carbocycles. The Bertz CT molecular complexity index is 2380. The Morgan fingerprint density at radius 3 is 1.74 bits per heavy atom. The molecule has 0 saturated carbocycles. The van der Waals surface area contributed by atoms with Gasteiger partial charge in [-0.1, -0.05) is 86.6 Å². The molecule has 0 aliphatic rings. The van der Waals surface area contributed by atoms with Crippen LogP contribution in [-0.4, -0.2) is 101 Å². The largest absolute Gasteiger partial charge is 0.508 e. The Morgan fingerprint density at radius 1 is 0.603 bits per heavy atom. The van der Waals surface area contributed by atoms with E-state index in [0.29, 0.717) is 22.4 Å². The topological polar surface area (TPSA) is 332 Å². The first-order valence-corrected chi connectivity index (χ1v) is 21.3. The lowest BCUT2D eigenvalue weighted by atomic mass is 10.0. The van der Waals surface area contributed by atoms with Crippen LogP contribution in [0.5, 0.6) is 11.5 Å². The first kappa shape index (κ1) is 52.1. The van der Waals surface area contributed by atoms with Crippen LogP contribution in [0.3, 0.4) is 0 Å². The van der Waals surface area contributed by atoms with Crippen LogP contribution in [0, 0.1) is 5.92 Å². The molecule has 0 aromatic heterocycles. The number of aliphatic carboxylic acids is 1. The number of amides is 6. The van der Waals surface area contributed by atoms with Crippen LogP contribution in [0.15, 0.2) is 114 Å². The monoisotopic (exact) mass is 937 g/mol. The number of phenolic OH excluding ortho intramolecular Hbond substituents is 1. The minimum Gasteiger partial charge on any atom is -0.508 e. The van der Waals surface area contributed by atoms with Crippen molar-refractivity contribution in [2.75, 3.05) is 13.1 Å². The second-order valence-corrected chi connectivity index (χ2v) is 15.7. The highest BCUT2D eigenvalue weighted by atomic mass is 16.5. The summed E-state index contributed by atoms with van der Waals surface area (Å²) in [5.41, 5.74) is 12.9. The summed E-state index contributed by atoms with van der Waals surface area (Å²) in [6.07, 6.45) is -1.88. The van der Waals surface area contributed by atoms with E-state index >= 15 is 0 Å². The molecule has 0 bridgehead atoms. The zero-order valence-electron chi connectivity index (χ0n) is 37.3. The van der Waals surface area contributed by atoms with Crippen LogP contribution in [-0.2, 0) is 57.7 Å². The summed E-state index contributed by atoms with van der Waals surface area (Å²) in [4.78, 5) is 109. The molecule has 0 saturated heterocycles. The fraction of sp³-hybridized carbons (Fsp3) is 0.298. The number of hydrogen-bond acceptors (Lipinski definition) is 12. The molecule has 360 valence electrons. The number of guanidine groups is 1. The molecule has 4 rings (SSSR count). The average Bonchev–Trinajstić information content (AvgIpc) is 3.30. The second-order valence-electron chi connectivity index (χ2n) is 15.7. The smallest absolute Gasteiger partial charge is 0.408 e. The number of rotatable bonds is 24. The van der Waals surface area contributed by atoms with Crippen molar-refractivity contribution in [2.45, 2.75) is 70.3 Å². The Morgan fingerprint density at radius 2 is 1.15 bits per heavy atom. The number of ether oxygens (including phenoxy) is 2. The van der Waals surface area contributed by atoms with Gasteiger partial charge < -0.3 is 63.1 Å². The zero-order valence-corrected chi connectivity index (χ0v) is 37.3. The molecule has 21 nitrogen and oxygen atoms in total. The van der Waals surface area contributed by atoms with Gasteiger partial charge in [0, 0.05) is 12.8 Å². The van der Waals surface area contributed by atoms with Crippen molar-refractivity contribution < 1.29 is 58.0 Å². The van der Waals surface area contributed by atoms with Gasteiger partial charge in [-0.2, -0.15) is 0 Å². The van der Waals surface area contributed by atoms with E-state index in [1.807, 2.05) is 0 Å². The van der Waals surface area contributed by atoms with E-state index < -0.39 is 91.2 Å². The van der Waals surface area contributed by atoms with Gasteiger partial charge in [-0.25, -0.2) is 14.6 Å². The first-order valence-electron chi connectivity index (χ1n) is 21.3. The first-order chi connectivity index (χ1) is 32.4. The average molecular weight is 938 g/mol. The van der Waals surface area contributed by atoms with E-state index in [4.69, 9.17) is 20.9 Å². The molecular weight excluding hydrogens is 883 g/mol. The number of alkyl carbamates (subject to hydrolysis) is 1. The highest BCUT2D eigenvalue weighted by Gasteiger charge is 2.31. The zero-order chi connectivity index (χ0) is 49.6. The molecule has 0 unspecified atom stereocenters. The van der Waals surface area contributed by atoms with Gasteiger partial charge in [-0.3, -0.25) is 28.8 Å². The molecule has 0 spiro atoms. The minimum absolute atomic E-state index is 0.00655. The van der Waals surface area contributed by atoms with Crippen molar-refractivity contribution in [2.24, 2.45) is 22.4 Å². The lowest BCUT2D eigenvalue weighted by molar-refractivity contribution is -0.142. The van der Waals surface area contributed by atoms with Gasteiger partial charge in [-0.15, -0.1) is 0 Å². The van der Waals surface area contributed by atoms with Crippen molar-refractivity contribution in [1.82, 2.24) is 31.9 Å². The van der Waals surface area contributed by atoms with E-state index in [1.54, 1.807) is 74.5 Å². The summed E-state index contributed by atoms with van der Waals surface area (Å²) < 4.78 is 10.7. The fourth-order valence-corrected chi connectivity index (χ4v) is 6.34. The van der Waals surface area contributed by atoms with Gasteiger partial charge in [-0.05, 0) is 65.4 Å². The highest BCUT2D eigenvalue weighted by molar-refractivity contribution is 5.96. The van der Waals surface area contributed by atoms with Crippen LogP contribution >= 0.6 is 0 Å². The van der Waals surface area contributed by atoms with Crippen LogP contribution in [0.25, 0.3) is 0 Å². The fourth-order valence-electron chi connectivity index (χ4n) is 6.34. The quantitative estimate of drug-likeness (QED) is 0.0204. The number of nitrogens with one attached hydrogen (secondary N) is 6. The number of benzene rings is 4. The summed E-state index contributed by atoms with van der Waals surface area (Å²) in [6.45, 7) is 2.08. The molecule has 12 N–H and O–H groups in total. The molecule has 0 radical (unpaired) electrons. The van der Waals surface area contributed by atoms with Gasteiger partial charge >= 0.3 is 18.0 Å². The van der Waals surface area contributed by atoms with Crippen molar-refractivity contribution in [1.29, 1.82) is 0 Å². The molecule has 0 fully saturated rings. The predicted octanol–water partition coefficient (Wildman–Crippen LogP) is 1.19. The standard InChI is InChI=1S/C47H55N9O12/c1-28(2)21-38(45(64)65)55-43(62)36(22-29-9-5-3-6-10-29)53-40(59)26-50-39(58)25-51-42(61)35(23-30-13-17-33(57)18-14-30)54-44(63)37(56-47(66)67-27-31-11-7-4-8-12-31)24-41(60)68-34-19-15-32(16-20-34)52-46(48)49/h3-20,28,35-38,57H,21-27H2,1-2H3,(H,50,58)(H,51,61)(H,53,59)(H,54,63)(H,55,62)(H,56,66)(H,64,65)(H4,48,49,52)/t35-,36-,37-,38-/m0/s1. The van der Waals surface area contributed by atoms with E-state index in [2.05, 4.69) is 36.9 Å². The summed E-state index contributed by atoms with van der Waals surface area (Å²) in [7, 11) is 0. The maximum absolute atomic E-state index is 13.9. The number of esters is 1. The number of carboxylic acid groups (broad SMARTS) is 1. The SMILES string of the molecule is CC(C)C[C@H](NC(=O)[C@H](Cc1ccccc1)NC(=O)CNC(=O)CNC(=O)[C@H](Cc1ccc(O)cc1)NC(=O)[C@H](CC(=O)Oc1ccc(N=C(N)N)cc1)NC(=O)OCc1ccccc1)C(=O)O. The number of carbonyl (C=O) groups is 8. The number of hydrogen-bond donors (Lipinski definition) is 10. The molecule has 0 heterocycles. The number of carboxylic acids is 1. The predicted molar refractivity (Wildman–Crippen MR) is 247 cm³/mol. The number of phenols is 1. The van der Waals surface area contributed by atoms with Gasteiger partial charge in [0.1, 0.15) is 42.3 Å². The molecule has 68 heavy (non-hydrogen) atoms. The molecule has 4 atom stereocenters. The molecule has 21 heteroatoms. The molecular formula is C47H55N9O12. The van der Waals surface area contributed by atoms with Crippen LogP contribution in [0.4, 0.5) is 10.5 Å². The molecule has 4 aromatic carbocycles. The van der Waals surface area contributed by atoms with Crippen molar-refractivity contribution >= 4 is 59.2 Å². The van der Waals surface area contributed by atoms with E-state index in [9.17, 15) is 48.6 Å². The van der Waals surface area contributed by atoms with Crippen molar-refractivity contribution in [3.05, 3.63) is 126 Å². The summed E-state index contributed by atoms with van der Waals surface area (Å²) >= 11 is 0. The minimum atomic E-state index is -1.67. The van der Waals surface area contributed by atoms with Gasteiger partial charge in [0.05, 0.1) is 25.2 Å². The Balaban J connectivity index is 1.44. The summed E-state index contributed by atoms with van der Waals surface area (Å²) in [5.74, 6) is -6.78. The van der Waals surface area contributed by atoms with Gasteiger partial charge in [0.15, 0.2) is 5.96 Å². The van der Waals surface area contributed by atoms with Crippen molar-refractivity contribution in [3.63, 3.8) is 0 Å². The highest BCUT2D eigenvalue weighted by Crippen LogP contribution is 2.19. The number of aromatic hydroxyl groups is 1. The Kier molecular flexibility index (Phi) is 20.3. The molecule has 0 aliphatic heterocycles. The van der Waals surface area contributed by atoms with Gasteiger partial charge in [0.2, 0.25) is 29.5 Å². The maximum atomic E-state index is 13.9. The Hall–Kier alpha value is -8.49. The summed E-state index contributed by atoms with van der Waals surface area (Å²) in [5, 5.41) is 34.1. The number of aliphatic imine (C=N–C) groups is 1. The lowest BCUT2D eigenvalue weighted by Crippen LogP contribution is -2.56. The summed E-state index contributed by atoms with van der Waals surface area (Å²) in [6, 6.07) is 23.1. The third-order valence-corrected chi connectivity index (χ3v) is 9.65. The lowest BCUT2D eigenvalue weighted by Gasteiger charge is -2.23. The van der Waals surface area contributed by atoms with Crippen LogP contribution in [0.1, 0.15) is 43.4 Å². The maximum Gasteiger partial charge on any atom is 0.408 e. The van der Waals surface area contributed by atoms with E-state index in [0.717, 1.165) is 0 Å². The van der Waals surface area contributed by atoms with Crippen LogP contribution < -0.4 is 48.1 Å². The third-order valence-electron chi connectivity index (χ3n) is 9.65. The van der Waals surface area contributed by atoms with E-state index in [-0.39, 0.29) is 49.2 Å². The van der Waals surface area contributed by atoms with Crippen LogP contribution in [0.2, 0.25) is 0 Å². The Labute approximate surface area is 391 Å². The normalized spacial score (nSPS) is 12.4. The number of nitrogens with zero attached hydrogens (tertiary/aromatic N) is 1. The van der Waals surface area contributed by atoms with Crippen molar-refractivity contribution in [3.8, 4) is 11.5 Å². The number of carbonyl (C=O) groups excluding carboxylic acids is 7. The molecule has 4 aromatic rings. The van der Waals surface area contributed by atoms with E-state index in [1.165, 1.54) is 48.5 Å². The number of nitrogens with two attached hydrogens (primary N) is 2. The van der Waals surface area contributed by atoms with Gasteiger partial charge in [0.25, 0.3) is 0 Å².